The Morgan fingerprint density at radius 3 is 2.42 bits per heavy atom. The van der Waals surface area contributed by atoms with E-state index in [9.17, 15) is 0 Å². The summed E-state index contributed by atoms with van der Waals surface area (Å²) < 4.78 is 0.671. The van der Waals surface area contributed by atoms with Gasteiger partial charge in [-0.2, -0.15) is 0 Å². The van der Waals surface area contributed by atoms with Gasteiger partial charge < -0.3 is 24.8 Å². The molecule has 12 heavy (non-hydrogen) atoms. The molecule has 0 N–H and O–H groups in total. The third-order valence-corrected chi connectivity index (χ3v) is 2.88. The van der Waals surface area contributed by atoms with Crippen LogP contribution in [0.15, 0.2) is 30.3 Å². The molecule has 0 aromatic heterocycles. The van der Waals surface area contributed by atoms with Gasteiger partial charge >= 0.3 is 72.7 Å². The Morgan fingerprint density at radius 2 is 1.75 bits per heavy atom. The SMILES string of the molecule is [Cl-].[Cl-].[Nb+2][CH]1C=Cc2ccccc21. The van der Waals surface area contributed by atoms with Crippen LogP contribution in [-0.4, -0.2) is 0 Å². The molecular weight excluding hydrogens is 272 g/mol. The van der Waals surface area contributed by atoms with Gasteiger partial charge in [0.2, 0.25) is 0 Å². The quantitative estimate of drug-likeness (QED) is 0.429. The van der Waals surface area contributed by atoms with Crippen LogP contribution in [0.4, 0.5) is 0 Å². The molecule has 1 aliphatic rings. The number of hydrogen-bond acceptors (Lipinski definition) is 0. The number of fused-ring (bicyclic) bond motifs is 1. The van der Waals surface area contributed by atoms with E-state index in [0.717, 1.165) is 0 Å². The zero-order chi connectivity index (χ0) is 6.97. The summed E-state index contributed by atoms with van der Waals surface area (Å²) in [6, 6.07) is 8.57. The fourth-order valence-corrected chi connectivity index (χ4v) is 2.02. The standard InChI is InChI=1S/C9H7.2ClH.Nb/c1-2-5-9-7-3-6-8(9)4-1;;;/h1-7H;2*1H;/q;;;+2/p-2. The van der Waals surface area contributed by atoms with Gasteiger partial charge in [0, 0.05) is 0 Å². The maximum atomic E-state index is 2.26. The maximum absolute atomic E-state index is 2.26. The molecule has 2 rings (SSSR count). The van der Waals surface area contributed by atoms with Gasteiger partial charge in [0.25, 0.3) is 0 Å². The minimum atomic E-state index is 0. The van der Waals surface area contributed by atoms with E-state index < -0.39 is 0 Å². The number of hydrogen-bond donors (Lipinski definition) is 0. The number of rotatable bonds is 0. The van der Waals surface area contributed by atoms with E-state index >= 15 is 0 Å². The molecule has 0 spiro atoms. The number of benzene rings is 1. The molecule has 0 bridgehead atoms. The molecule has 62 valence electrons. The Kier molecular flexibility index (Phi) is 5.23. The summed E-state index contributed by atoms with van der Waals surface area (Å²) in [5.74, 6) is 0. The van der Waals surface area contributed by atoms with Gasteiger partial charge in [0.05, 0.1) is 0 Å². The predicted octanol–water partition coefficient (Wildman–Crippen LogP) is -3.69. The molecule has 0 fully saturated rings. The van der Waals surface area contributed by atoms with Crippen molar-refractivity contribution in [2.45, 2.75) is 4.14 Å². The molecule has 0 nitrogen and oxygen atoms in total. The van der Waals surface area contributed by atoms with Crippen molar-refractivity contribution in [1.82, 2.24) is 0 Å². The summed E-state index contributed by atoms with van der Waals surface area (Å²) in [6.07, 6.45) is 4.47. The third kappa shape index (κ3) is 2.15. The molecule has 1 aromatic carbocycles. The van der Waals surface area contributed by atoms with Gasteiger partial charge in [0.1, 0.15) is 0 Å². The van der Waals surface area contributed by atoms with Crippen LogP contribution in [0.1, 0.15) is 15.3 Å². The monoisotopic (exact) mass is 278 g/mol. The van der Waals surface area contributed by atoms with Crippen LogP contribution in [-0.2, 0) is 21.1 Å². The fourth-order valence-electron chi connectivity index (χ4n) is 1.23. The Hall–Kier alpha value is 0.280. The van der Waals surface area contributed by atoms with Crippen molar-refractivity contribution in [3.05, 3.63) is 41.5 Å². The Morgan fingerprint density at radius 1 is 1.08 bits per heavy atom. The molecule has 3 heteroatoms. The summed E-state index contributed by atoms with van der Waals surface area (Å²) in [4.78, 5) is 0. The van der Waals surface area contributed by atoms with Crippen LogP contribution in [0.5, 0.6) is 0 Å². The normalized spacial score (nSPS) is 17.4. The van der Waals surface area contributed by atoms with Crippen LogP contribution in [0.25, 0.3) is 6.08 Å². The summed E-state index contributed by atoms with van der Waals surface area (Å²) >= 11 is 1.87. The summed E-state index contributed by atoms with van der Waals surface area (Å²) in [7, 11) is 0. The molecule has 0 aliphatic heterocycles. The van der Waals surface area contributed by atoms with E-state index in [-0.39, 0.29) is 24.8 Å². The van der Waals surface area contributed by atoms with E-state index in [2.05, 4.69) is 36.4 Å². The second-order valence-corrected chi connectivity index (χ2v) is 3.80. The van der Waals surface area contributed by atoms with Crippen molar-refractivity contribution in [3.8, 4) is 0 Å². The Bertz CT molecular complexity index is 284. The summed E-state index contributed by atoms with van der Waals surface area (Å²) in [5.41, 5.74) is 2.88. The molecule has 0 heterocycles. The van der Waals surface area contributed by atoms with Crippen molar-refractivity contribution < 1.29 is 45.9 Å². The Balaban J connectivity index is 0.000000605. The van der Waals surface area contributed by atoms with E-state index in [1.807, 2.05) is 21.1 Å². The summed E-state index contributed by atoms with van der Waals surface area (Å²) in [5, 5.41) is 0. The molecule has 1 unspecified atom stereocenters. The van der Waals surface area contributed by atoms with Crippen molar-refractivity contribution in [2.75, 3.05) is 0 Å². The van der Waals surface area contributed by atoms with Crippen molar-refractivity contribution in [1.29, 1.82) is 0 Å². The zero-order valence-electron chi connectivity index (χ0n) is 6.24. The first-order chi connectivity index (χ1) is 4.88. The van der Waals surface area contributed by atoms with Gasteiger partial charge in [-0.05, 0) is 0 Å². The van der Waals surface area contributed by atoms with Gasteiger partial charge in [0.15, 0.2) is 0 Å². The first-order valence-electron chi connectivity index (χ1n) is 3.33. The van der Waals surface area contributed by atoms with Crippen LogP contribution in [0.3, 0.4) is 0 Å². The molecule has 0 saturated carbocycles. The van der Waals surface area contributed by atoms with E-state index in [0.29, 0.717) is 4.14 Å². The topological polar surface area (TPSA) is 0 Å². The Labute approximate surface area is 97.2 Å². The van der Waals surface area contributed by atoms with Crippen LogP contribution >= 0.6 is 0 Å². The first-order valence-corrected chi connectivity index (χ1v) is 4.60. The van der Waals surface area contributed by atoms with E-state index in [1.54, 1.807) is 0 Å². The average molecular weight is 279 g/mol. The molecule has 1 aromatic rings. The summed E-state index contributed by atoms with van der Waals surface area (Å²) in [6.45, 7) is 0. The minimum absolute atomic E-state index is 0. The van der Waals surface area contributed by atoms with Crippen molar-refractivity contribution >= 4 is 6.08 Å². The van der Waals surface area contributed by atoms with Crippen LogP contribution < -0.4 is 24.8 Å². The molecule has 0 radical (unpaired) electrons. The molecule has 1 atom stereocenters. The van der Waals surface area contributed by atoms with Crippen LogP contribution in [0.2, 0.25) is 0 Å². The van der Waals surface area contributed by atoms with Gasteiger partial charge in [-0.3, -0.25) is 0 Å². The van der Waals surface area contributed by atoms with Gasteiger partial charge in [-0.25, -0.2) is 0 Å². The molecule has 0 saturated heterocycles. The molecule has 0 amide bonds. The first kappa shape index (κ1) is 12.3. The number of halogens is 2. The van der Waals surface area contributed by atoms with Gasteiger partial charge in [-0.1, -0.05) is 0 Å². The second kappa shape index (κ2) is 5.11. The van der Waals surface area contributed by atoms with Crippen molar-refractivity contribution in [3.63, 3.8) is 0 Å². The van der Waals surface area contributed by atoms with E-state index in [4.69, 9.17) is 0 Å². The molecular formula is C9H7Cl2Nb. The number of allylic oxidation sites excluding steroid dienone is 1. The fraction of sp³-hybridized carbons (Fsp3) is 0.111. The van der Waals surface area contributed by atoms with Crippen molar-refractivity contribution in [2.24, 2.45) is 0 Å². The predicted molar refractivity (Wildman–Crippen MR) is 38.2 cm³/mol. The van der Waals surface area contributed by atoms with Crippen LogP contribution in [0, 0.1) is 0 Å². The average Bonchev–Trinajstić information content (AvgIpc) is 2.34. The van der Waals surface area contributed by atoms with E-state index in [1.165, 1.54) is 11.1 Å². The molecule has 1 aliphatic carbocycles. The zero-order valence-corrected chi connectivity index (χ0v) is 9.95. The third-order valence-electron chi connectivity index (χ3n) is 1.77. The second-order valence-electron chi connectivity index (χ2n) is 2.43. The van der Waals surface area contributed by atoms with Gasteiger partial charge in [-0.15, -0.1) is 0 Å².